The molecule has 5 nitrogen and oxygen atoms in total. The second-order valence-electron chi connectivity index (χ2n) is 4.46. The van der Waals surface area contributed by atoms with Gasteiger partial charge in [0.25, 0.3) is 0 Å². The van der Waals surface area contributed by atoms with E-state index in [0.717, 1.165) is 12.0 Å². The monoisotopic (exact) mass is 252 g/mol. The van der Waals surface area contributed by atoms with E-state index in [1.807, 2.05) is 13.8 Å². The first-order valence-corrected chi connectivity index (χ1v) is 6.63. The number of aryl methyl sites for hydroxylation is 1. The van der Waals surface area contributed by atoms with Crippen LogP contribution in [-0.2, 0) is 0 Å². The first-order valence-electron chi connectivity index (χ1n) is 6.63. The van der Waals surface area contributed by atoms with E-state index in [1.54, 1.807) is 0 Å². The van der Waals surface area contributed by atoms with E-state index in [-0.39, 0.29) is 0 Å². The zero-order valence-electron chi connectivity index (χ0n) is 11.6. The Labute approximate surface area is 109 Å². The van der Waals surface area contributed by atoms with Crippen molar-refractivity contribution in [1.82, 2.24) is 9.97 Å². The van der Waals surface area contributed by atoms with Crippen molar-refractivity contribution in [3.63, 3.8) is 0 Å². The van der Waals surface area contributed by atoms with E-state index in [2.05, 4.69) is 22.3 Å². The number of anilines is 1. The van der Waals surface area contributed by atoms with Crippen LogP contribution in [0.5, 0.6) is 5.88 Å². The maximum Gasteiger partial charge on any atom is 0.221 e. The molecule has 0 aliphatic heterocycles. The quantitative estimate of drug-likeness (QED) is 0.423. The maximum atomic E-state index is 5.69. The molecule has 0 saturated carbocycles. The number of hydrogen-bond donors (Lipinski definition) is 2. The molecular weight excluding hydrogens is 228 g/mol. The molecule has 0 fully saturated rings. The third kappa shape index (κ3) is 4.49. The average Bonchev–Trinajstić information content (AvgIpc) is 2.37. The van der Waals surface area contributed by atoms with Crippen LogP contribution in [-0.4, -0.2) is 16.6 Å². The van der Waals surface area contributed by atoms with Crippen molar-refractivity contribution < 1.29 is 4.74 Å². The smallest absolute Gasteiger partial charge is 0.221 e. The Morgan fingerprint density at radius 2 is 1.83 bits per heavy atom. The Morgan fingerprint density at radius 1 is 1.11 bits per heavy atom. The molecule has 0 amide bonds. The summed E-state index contributed by atoms with van der Waals surface area (Å²) in [5.74, 6) is 7.32. The predicted octanol–water partition coefficient (Wildman–Crippen LogP) is 2.73. The van der Waals surface area contributed by atoms with Crippen LogP contribution in [0.15, 0.2) is 0 Å². The highest BCUT2D eigenvalue weighted by Gasteiger charge is 2.09. The number of ether oxygens (including phenoxy) is 1. The van der Waals surface area contributed by atoms with Gasteiger partial charge in [-0.15, -0.1) is 0 Å². The Morgan fingerprint density at radius 3 is 2.50 bits per heavy atom. The molecule has 0 aliphatic carbocycles. The molecule has 0 atom stereocenters. The van der Waals surface area contributed by atoms with Gasteiger partial charge in [-0.05, 0) is 20.3 Å². The van der Waals surface area contributed by atoms with Crippen molar-refractivity contribution >= 4 is 5.82 Å². The molecular formula is C13H24N4O. The minimum Gasteiger partial charge on any atom is -0.477 e. The van der Waals surface area contributed by atoms with E-state index in [4.69, 9.17) is 10.6 Å². The van der Waals surface area contributed by atoms with Gasteiger partial charge in [0.1, 0.15) is 11.6 Å². The summed E-state index contributed by atoms with van der Waals surface area (Å²) in [5, 5.41) is 0. The molecule has 5 heteroatoms. The molecule has 1 heterocycles. The van der Waals surface area contributed by atoms with Crippen LogP contribution in [0.2, 0.25) is 0 Å². The highest BCUT2D eigenvalue weighted by Crippen LogP contribution is 2.21. The number of nitrogen functional groups attached to an aromatic ring is 1. The van der Waals surface area contributed by atoms with Crippen molar-refractivity contribution in [2.45, 2.75) is 52.9 Å². The summed E-state index contributed by atoms with van der Waals surface area (Å²) in [4.78, 5) is 8.48. The van der Waals surface area contributed by atoms with Gasteiger partial charge in [0.2, 0.25) is 5.88 Å². The SMILES string of the molecule is CCCCCCCOc1nc(C)nc(NN)c1C. The van der Waals surface area contributed by atoms with Gasteiger partial charge in [0, 0.05) is 0 Å². The lowest BCUT2D eigenvalue weighted by molar-refractivity contribution is 0.290. The lowest BCUT2D eigenvalue weighted by Crippen LogP contribution is -2.13. The normalized spacial score (nSPS) is 10.4. The van der Waals surface area contributed by atoms with Crippen LogP contribution < -0.4 is 16.0 Å². The van der Waals surface area contributed by atoms with Gasteiger partial charge < -0.3 is 10.2 Å². The van der Waals surface area contributed by atoms with E-state index in [0.29, 0.717) is 24.1 Å². The van der Waals surface area contributed by atoms with Gasteiger partial charge in [-0.2, -0.15) is 4.98 Å². The highest BCUT2D eigenvalue weighted by molar-refractivity contribution is 5.47. The fourth-order valence-corrected chi connectivity index (χ4v) is 1.76. The fourth-order valence-electron chi connectivity index (χ4n) is 1.76. The largest absolute Gasteiger partial charge is 0.477 e. The molecule has 18 heavy (non-hydrogen) atoms. The lowest BCUT2D eigenvalue weighted by atomic mass is 10.2. The van der Waals surface area contributed by atoms with E-state index < -0.39 is 0 Å². The summed E-state index contributed by atoms with van der Waals surface area (Å²) >= 11 is 0. The fraction of sp³-hybridized carbons (Fsp3) is 0.692. The van der Waals surface area contributed by atoms with Crippen LogP contribution in [0.3, 0.4) is 0 Å². The van der Waals surface area contributed by atoms with Crippen molar-refractivity contribution in [3.8, 4) is 5.88 Å². The van der Waals surface area contributed by atoms with Crippen LogP contribution in [0, 0.1) is 13.8 Å². The Hall–Kier alpha value is -1.36. The third-order valence-electron chi connectivity index (χ3n) is 2.84. The van der Waals surface area contributed by atoms with Gasteiger partial charge in [-0.3, -0.25) is 0 Å². The summed E-state index contributed by atoms with van der Waals surface area (Å²) in [5.41, 5.74) is 3.42. The van der Waals surface area contributed by atoms with Gasteiger partial charge in [-0.1, -0.05) is 32.6 Å². The molecule has 0 radical (unpaired) electrons. The highest BCUT2D eigenvalue weighted by atomic mass is 16.5. The average molecular weight is 252 g/mol. The number of nitrogens with one attached hydrogen (secondary N) is 1. The minimum absolute atomic E-state index is 0.628. The van der Waals surface area contributed by atoms with Gasteiger partial charge in [0.05, 0.1) is 12.2 Å². The number of nitrogens with zero attached hydrogens (tertiary/aromatic N) is 2. The molecule has 0 spiro atoms. The molecule has 0 unspecified atom stereocenters. The minimum atomic E-state index is 0.628. The second kappa shape index (κ2) is 7.87. The molecule has 1 aromatic heterocycles. The first-order chi connectivity index (χ1) is 8.69. The molecule has 0 saturated heterocycles. The maximum absolute atomic E-state index is 5.69. The zero-order chi connectivity index (χ0) is 13.4. The molecule has 1 rings (SSSR count). The van der Waals surface area contributed by atoms with Crippen LogP contribution in [0.25, 0.3) is 0 Å². The number of aromatic nitrogens is 2. The van der Waals surface area contributed by atoms with Gasteiger partial charge in [0.15, 0.2) is 0 Å². The van der Waals surface area contributed by atoms with Crippen LogP contribution in [0.1, 0.15) is 50.4 Å². The van der Waals surface area contributed by atoms with Gasteiger partial charge in [-0.25, -0.2) is 10.8 Å². The lowest BCUT2D eigenvalue weighted by Gasteiger charge is -2.11. The van der Waals surface area contributed by atoms with Crippen molar-refractivity contribution in [2.24, 2.45) is 5.84 Å². The first kappa shape index (κ1) is 14.7. The number of rotatable bonds is 8. The van der Waals surface area contributed by atoms with Crippen LogP contribution >= 0.6 is 0 Å². The predicted molar refractivity (Wildman–Crippen MR) is 73.6 cm³/mol. The van der Waals surface area contributed by atoms with Crippen molar-refractivity contribution in [3.05, 3.63) is 11.4 Å². The van der Waals surface area contributed by atoms with E-state index in [1.165, 1.54) is 25.7 Å². The van der Waals surface area contributed by atoms with E-state index >= 15 is 0 Å². The third-order valence-corrected chi connectivity index (χ3v) is 2.84. The summed E-state index contributed by atoms with van der Waals surface area (Å²) in [6, 6.07) is 0. The topological polar surface area (TPSA) is 73.1 Å². The molecule has 0 aromatic carbocycles. The second-order valence-corrected chi connectivity index (χ2v) is 4.46. The van der Waals surface area contributed by atoms with E-state index in [9.17, 15) is 0 Å². The summed E-state index contributed by atoms with van der Waals surface area (Å²) in [6.07, 6.45) is 6.10. The molecule has 102 valence electrons. The summed E-state index contributed by atoms with van der Waals surface area (Å²) in [7, 11) is 0. The Bertz CT molecular complexity index is 368. The standard InChI is InChI=1S/C13H24N4O/c1-4-5-6-7-8-9-18-13-10(2)12(17-14)15-11(3)16-13/h4-9,14H2,1-3H3,(H,15,16,17). The summed E-state index contributed by atoms with van der Waals surface area (Å²) < 4.78 is 5.69. The number of hydrazine groups is 1. The number of unbranched alkanes of at least 4 members (excludes halogenated alkanes) is 4. The Balaban J connectivity index is 2.44. The van der Waals surface area contributed by atoms with Crippen molar-refractivity contribution in [2.75, 3.05) is 12.0 Å². The molecule has 3 N–H and O–H groups in total. The molecule has 0 bridgehead atoms. The Kier molecular flexibility index (Phi) is 6.43. The van der Waals surface area contributed by atoms with Crippen LogP contribution in [0.4, 0.5) is 5.82 Å². The molecule has 1 aromatic rings. The summed E-state index contributed by atoms with van der Waals surface area (Å²) in [6.45, 7) is 6.64. The number of hydrogen-bond acceptors (Lipinski definition) is 5. The van der Waals surface area contributed by atoms with Crippen molar-refractivity contribution in [1.29, 1.82) is 0 Å². The molecule has 0 aliphatic rings. The number of nitrogens with two attached hydrogens (primary N) is 1. The zero-order valence-corrected chi connectivity index (χ0v) is 11.6. The van der Waals surface area contributed by atoms with Gasteiger partial charge >= 0.3 is 0 Å².